The lowest BCUT2D eigenvalue weighted by Crippen LogP contribution is -2.37. The van der Waals surface area contributed by atoms with Crippen LogP contribution in [0.3, 0.4) is 0 Å². The zero-order chi connectivity index (χ0) is 24.6. The van der Waals surface area contributed by atoms with Gasteiger partial charge in [0.2, 0.25) is 11.8 Å². The standard InChI is InChI=1S/C26H31N3O6/c1-2-33-21-9-5-19(6-10-21)28-24(30)17-35-22-11-7-20(8-12-22)29-16-18(14-25(29)31)26(32)27-15-23-4-3-13-34-23/h5-12,18,23H,2-4,13-17H2,1H3,(H,27,32)(H,28,30)/t18-,23+/m1/s1. The van der Waals surface area contributed by atoms with Gasteiger partial charge in [0.05, 0.1) is 18.6 Å². The number of ether oxygens (including phenoxy) is 3. The predicted molar refractivity (Wildman–Crippen MR) is 131 cm³/mol. The molecule has 0 aromatic heterocycles. The van der Waals surface area contributed by atoms with Crippen LogP contribution in [-0.4, -0.2) is 56.7 Å². The van der Waals surface area contributed by atoms with E-state index < -0.39 is 0 Å². The van der Waals surface area contributed by atoms with Gasteiger partial charge in [0.15, 0.2) is 6.61 Å². The Balaban J connectivity index is 1.23. The monoisotopic (exact) mass is 481 g/mol. The van der Waals surface area contributed by atoms with Crippen LogP contribution in [0.25, 0.3) is 0 Å². The Bertz CT molecular complexity index is 1020. The van der Waals surface area contributed by atoms with E-state index in [0.717, 1.165) is 25.2 Å². The first-order valence-corrected chi connectivity index (χ1v) is 12.0. The smallest absolute Gasteiger partial charge is 0.262 e. The van der Waals surface area contributed by atoms with Crippen LogP contribution in [-0.2, 0) is 19.1 Å². The Morgan fingerprint density at radius 1 is 1.06 bits per heavy atom. The summed E-state index contributed by atoms with van der Waals surface area (Å²) in [6, 6.07) is 14.0. The van der Waals surface area contributed by atoms with Crippen LogP contribution in [0.5, 0.6) is 11.5 Å². The average Bonchev–Trinajstić information content (AvgIpc) is 3.53. The maximum absolute atomic E-state index is 12.5. The quantitative estimate of drug-likeness (QED) is 0.541. The number of carbonyl (C=O) groups is 3. The fourth-order valence-electron chi connectivity index (χ4n) is 4.17. The van der Waals surface area contributed by atoms with E-state index in [1.165, 1.54) is 0 Å². The largest absolute Gasteiger partial charge is 0.494 e. The van der Waals surface area contributed by atoms with E-state index in [1.807, 2.05) is 6.92 Å². The summed E-state index contributed by atoms with van der Waals surface area (Å²) in [4.78, 5) is 38.8. The third-order valence-electron chi connectivity index (χ3n) is 5.99. The first-order valence-electron chi connectivity index (χ1n) is 12.0. The normalized spacial score (nSPS) is 19.5. The van der Waals surface area contributed by atoms with E-state index in [4.69, 9.17) is 14.2 Å². The van der Waals surface area contributed by atoms with Gasteiger partial charge in [0.25, 0.3) is 5.91 Å². The molecule has 2 N–H and O–H groups in total. The van der Waals surface area contributed by atoms with Gasteiger partial charge >= 0.3 is 0 Å². The van der Waals surface area contributed by atoms with Gasteiger partial charge in [0.1, 0.15) is 11.5 Å². The van der Waals surface area contributed by atoms with E-state index in [0.29, 0.717) is 36.8 Å². The van der Waals surface area contributed by atoms with Crippen molar-refractivity contribution < 1.29 is 28.6 Å². The summed E-state index contributed by atoms with van der Waals surface area (Å²) in [6.45, 7) is 3.90. The highest BCUT2D eigenvalue weighted by Crippen LogP contribution is 2.27. The van der Waals surface area contributed by atoms with Gasteiger partial charge in [-0.2, -0.15) is 0 Å². The highest BCUT2D eigenvalue weighted by Gasteiger charge is 2.35. The van der Waals surface area contributed by atoms with E-state index >= 15 is 0 Å². The van der Waals surface area contributed by atoms with Crippen molar-refractivity contribution in [2.75, 3.05) is 43.1 Å². The second-order valence-electron chi connectivity index (χ2n) is 8.57. The molecule has 0 radical (unpaired) electrons. The predicted octanol–water partition coefficient (Wildman–Crippen LogP) is 2.75. The summed E-state index contributed by atoms with van der Waals surface area (Å²) in [5.74, 6) is 0.369. The molecule has 2 aliphatic rings. The van der Waals surface area contributed by atoms with Crippen LogP contribution in [0.4, 0.5) is 11.4 Å². The van der Waals surface area contributed by atoms with Gasteiger partial charge in [-0.25, -0.2) is 0 Å². The number of benzene rings is 2. The maximum atomic E-state index is 12.5. The van der Waals surface area contributed by atoms with Crippen molar-refractivity contribution in [1.82, 2.24) is 5.32 Å². The topological polar surface area (TPSA) is 106 Å². The molecular weight excluding hydrogens is 450 g/mol. The Morgan fingerprint density at radius 2 is 1.77 bits per heavy atom. The van der Waals surface area contributed by atoms with E-state index in [1.54, 1.807) is 53.4 Å². The van der Waals surface area contributed by atoms with Crippen LogP contribution in [0.2, 0.25) is 0 Å². The van der Waals surface area contributed by atoms with E-state index in [2.05, 4.69) is 10.6 Å². The van der Waals surface area contributed by atoms with E-state index in [-0.39, 0.29) is 42.8 Å². The molecule has 9 heteroatoms. The number of rotatable bonds is 10. The Morgan fingerprint density at radius 3 is 2.46 bits per heavy atom. The highest BCUT2D eigenvalue weighted by atomic mass is 16.5. The van der Waals surface area contributed by atoms with Crippen molar-refractivity contribution in [3.05, 3.63) is 48.5 Å². The minimum absolute atomic E-state index is 0.0720. The molecule has 2 aliphatic heterocycles. The molecule has 2 heterocycles. The second kappa shape index (κ2) is 11.7. The van der Waals surface area contributed by atoms with Gasteiger partial charge < -0.3 is 29.7 Å². The van der Waals surface area contributed by atoms with Crippen molar-refractivity contribution >= 4 is 29.1 Å². The molecule has 2 saturated heterocycles. The number of carbonyl (C=O) groups excluding carboxylic acids is 3. The first-order chi connectivity index (χ1) is 17.0. The van der Waals surface area contributed by atoms with Crippen LogP contribution >= 0.6 is 0 Å². The zero-order valence-electron chi connectivity index (χ0n) is 19.8. The Hall–Kier alpha value is -3.59. The van der Waals surface area contributed by atoms with Crippen molar-refractivity contribution in [3.8, 4) is 11.5 Å². The number of anilines is 2. The Labute approximate surface area is 204 Å². The SMILES string of the molecule is CCOc1ccc(NC(=O)COc2ccc(N3C[C@H](C(=O)NC[C@@H]4CCCO4)CC3=O)cc2)cc1. The van der Waals surface area contributed by atoms with E-state index in [9.17, 15) is 14.4 Å². The summed E-state index contributed by atoms with van der Waals surface area (Å²) >= 11 is 0. The third kappa shape index (κ3) is 6.73. The number of amides is 3. The molecule has 4 rings (SSSR count). The fraction of sp³-hybridized carbons (Fsp3) is 0.423. The molecule has 9 nitrogen and oxygen atoms in total. The minimum atomic E-state index is -0.383. The van der Waals surface area contributed by atoms with Gasteiger partial charge in [-0.1, -0.05) is 0 Å². The number of hydrogen-bond donors (Lipinski definition) is 2. The molecule has 0 bridgehead atoms. The number of hydrogen-bond acceptors (Lipinski definition) is 6. The molecular formula is C26H31N3O6. The zero-order valence-corrected chi connectivity index (χ0v) is 19.8. The van der Waals surface area contributed by atoms with Crippen LogP contribution < -0.4 is 25.0 Å². The van der Waals surface area contributed by atoms with Crippen molar-refractivity contribution in [1.29, 1.82) is 0 Å². The molecule has 3 amide bonds. The minimum Gasteiger partial charge on any atom is -0.494 e. The van der Waals surface area contributed by atoms with Gasteiger partial charge in [0, 0.05) is 37.5 Å². The van der Waals surface area contributed by atoms with Crippen LogP contribution in [0.1, 0.15) is 26.2 Å². The average molecular weight is 482 g/mol. The lowest BCUT2D eigenvalue weighted by Gasteiger charge is -2.18. The third-order valence-corrected chi connectivity index (χ3v) is 5.99. The number of nitrogens with zero attached hydrogens (tertiary/aromatic N) is 1. The molecule has 0 spiro atoms. The molecule has 2 aromatic rings. The molecule has 35 heavy (non-hydrogen) atoms. The maximum Gasteiger partial charge on any atom is 0.262 e. The molecule has 0 unspecified atom stereocenters. The molecule has 186 valence electrons. The molecule has 2 fully saturated rings. The van der Waals surface area contributed by atoms with Gasteiger partial charge in [-0.15, -0.1) is 0 Å². The first kappa shape index (κ1) is 24.5. The van der Waals surface area contributed by atoms with Crippen molar-refractivity contribution in [2.45, 2.75) is 32.3 Å². The fourth-order valence-corrected chi connectivity index (χ4v) is 4.17. The number of nitrogens with one attached hydrogen (secondary N) is 2. The van der Waals surface area contributed by atoms with Crippen molar-refractivity contribution in [2.24, 2.45) is 5.92 Å². The van der Waals surface area contributed by atoms with Gasteiger partial charge in [-0.05, 0) is 68.3 Å². The Kier molecular flexibility index (Phi) is 8.20. The summed E-state index contributed by atoms with van der Waals surface area (Å²) in [6.07, 6.45) is 2.22. The molecule has 2 aromatic carbocycles. The summed E-state index contributed by atoms with van der Waals surface area (Å²) in [5, 5.41) is 5.68. The van der Waals surface area contributed by atoms with Crippen LogP contribution in [0.15, 0.2) is 48.5 Å². The summed E-state index contributed by atoms with van der Waals surface area (Å²) < 4.78 is 16.5. The highest BCUT2D eigenvalue weighted by molar-refractivity contribution is 6.00. The molecule has 0 aliphatic carbocycles. The van der Waals surface area contributed by atoms with Crippen LogP contribution in [0, 0.1) is 5.92 Å². The molecule has 0 saturated carbocycles. The van der Waals surface area contributed by atoms with Crippen molar-refractivity contribution in [3.63, 3.8) is 0 Å². The van der Waals surface area contributed by atoms with Gasteiger partial charge in [-0.3, -0.25) is 14.4 Å². The second-order valence-corrected chi connectivity index (χ2v) is 8.57. The molecule has 2 atom stereocenters. The lowest BCUT2D eigenvalue weighted by molar-refractivity contribution is -0.126. The summed E-state index contributed by atoms with van der Waals surface area (Å²) in [5.41, 5.74) is 1.34. The lowest BCUT2D eigenvalue weighted by atomic mass is 10.1. The summed E-state index contributed by atoms with van der Waals surface area (Å²) in [7, 11) is 0.